The van der Waals surface area contributed by atoms with Crippen LogP contribution in [0.5, 0.6) is 0 Å². The third kappa shape index (κ3) is 10.9. The highest BCUT2D eigenvalue weighted by Crippen LogP contribution is 2.39. The van der Waals surface area contributed by atoms with Crippen molar-refractivity contribution in [2.24, 2.45) is 35.5 Å². The molecule has 3 fully saturated rings. The fourth-order valence-corrected chi connectivity index (χ4v) is 9.86. The maximum absolute atomic E-state index is 14.3. The summed E-state index contributed by atoms with van der Waals surface area (Å²) in [6.45, 7) is 14.2. The Morgan fingerprint density at radius 1 is 0.982 bits per heavy atom. The number of esters is 1. The van der Waals surface area contributed by atoms with Crippen LogP contribution in [0.15, 0.2) is 23.3 Å². The Bertz CT molecular complexity index is 1380. The number of carbonyl (C=O) groups excluding carboxylic acids is 3. The molecule has 0 radical (unpaired) electrons. The van der Waals surface area contributed by atoms with Crippen LogP contribution >= 0.6 is 0 Å². The molecule has 0 aromatic carbocycles. The molecule has 3 heterocycles. The van der Waals surface area contributed by atoms with Gasteiger partial charge in [0.25, 0.3) is 11.7 Å². The average molecular weight is 792 g/mol. The number of hydrogen-bond donors (Lipinski definition) is 3. The fourth-order valence-electron chi connectivity index (χ4n) is 9.86. The van der Waals surface area contributed by atoms with Gasteiger partial charge < -0.3 is 43.9 Å². The van der Waals surface area contributed by atoms with Gasteiger partial charge in [-0.3, -0.25) is 9.59 Å². The molecular weight excluding hydrogens is 718 g/mol. The van der Waals surface area contributed by atoms with Gasteiger partial charge in [0.15, 0.2) is 0 Å². The van der Waals surface area contributed by atoms with E-state index in [2.05, 4.69) is 39.8 Å². The number of amides is 1. The summed E-state index contributed by atoms with van der Waals surface area (Å²) in [5.74, 6) is -5.92. The normalized spacial score (nSPS) is 40.9. The summed E-state index contributed by atoms with van der Waals surface area (Å²) in [5.41, 5.74) is 1.98. The van der Waals surface area contributed by atoms with Crippen molar-refractivity contribution < 1.29 is 53.4 Å². The number of fused-ring (bicyclic) bond motifs is 3. The van der Waals surface area contributed by atoms with Gasteiger partial charge in [0.1, 0.15) is 18.2 Å². The van der Waals surface area contributed by atoms with E-state index in [-0.39, 0.29) is 42.7 Å². The maximum atomic E-state index is 14.3. The predicted molar refractivity (Wildman–Crippen MR) is 212 cm³/mol. The molecule has 56 heavy (non-hydrogen) atoms. The summed E-state index contributed by atoms with van der Waals surface area (Å²) < 4.78 is 30.0. The van der Waals surface area contributed by atoms with Crippen LogP contribution in [0.1, 0.15) is 119 Å². The lowest BCUT2D eigenvalue weighted by Gasteiger charge is -2.47. The molecule has 15 atom stereocenters. The number of ether oxygens (including phenoxy) is 5. The second-order valence-electron chi connectivity index (χ2n) is 17.8. The Hall–Kier alpha value is -2.19. The standard InChI is InChI=1S/C44H73NO11/c1-11-32-19-25(2)18-26(3)20-37(53-9)40-38(54-10)23-29(6)44(51,56-40)41(48)42(49)45-17-13-12-14-33(45)43(50)55-35(22-27(32)4)30(7)39(47)28(5)21-31-15-16-34(46)36(24-31)52-8/h19,21,26-27,29-40,46-47,51H,11-18,20,22-24H2,1-10H3/b25-19+,28-21+/t26-,27+,29+,30+,31-,32+,33-,34+,35-,36+,37-,38-,39+,40+,44+/m0/s1. The van der Waals surface area contributed by atoms with E-state index in [1.54, 1.807) is 28.3 Å². The van der Waals surface area contributed by atoms with Crippen LogP contribution < -0.4 is 0 Å². The fraction of sp³-hybridized carbons (Fsp3) is 0.841. The van der Waals surface area contributed by atoms with E-state index < -0.39 is 77.9 Å². The third-order valence-electron chi connectivity index (χ3n) is 13.5. The number of aliphatic hydroxyl groups is 3. The summed E-state index contributed by atoms with van der Waals surface area (Å²) in [7, 11) is 4.75. The van der Waals surface area contributed by atoms with Crippen LogP contribution in [0.4, 0.5) is 0 Å². The first-order chi connectivity index (χ1) is 26.5. The summed E-state index contributed by atoms with van der Waals surface area (Å²) in [6, 6.07) is -1.04. The molecule has 0 spiro atoms. The summed E-state index contributed by atoms with van der Waals surface area (Å²) in [5, 5.41) is 34.2. The lowest BCUT2D eigenvalue weighted by molar-refractivity contribution is -0.302. The van der Waals surface area contributed by atoms with Gasteiger partial charge in [0.2, 0.25) is 5.79 Å². The van der Waals surface area contributed by atoms with Crippen LogP contribution in [0.3, 0.4) is 0 Å². The SMILES string of the molecule is CC[C@@H]1/C=C(\C)C[C@H](C)C[C@H](OC)[C@H]2O[C@@](O)(C(=O)C(=O)N3CCCC[C@H]3C(=O)O[C@H]([C@@H](C)[C@H](O)/C(C)=C/[C@@H]3CC[C@@H](O)[C@H](OC)C3)C[C@H]1C)[C@H](C)C[C@@H]2OC. The first kappa shape index (κ1) is 46.5. The van der Waals surface area contributed by atoms with Gasteiger partial charge in [0.05, 0.1) is 30.5 Å². The van der Waals surface area contributed by atoms with Crippen molar-refractivity contribution in [1.29, 1.82) is 0 Å². The van der Waals surface area contributed by atoms with Crippen molar-refractivity contribution in [2.75, 3.05) is 27.9 Å². The van der Waals surface area contributed by atoms with Crippen LogP contribution in [0.25, 0.3) is 0 Å². The van der Waals surface area contributed by atoms with Crippen molar-refractivity contribution >= 4 is 17.7 Å². The van der Waals surface area contributed by atoms with Gasteiger partial charge in [-0.1, -0.05) is 52.3 Å². The molecule has 2 saturated heterocycles. The van der Waals surface area contributed by atoms with E-state index in [4.69, 9.17) is 23.7 Å². The molecule has 320 valence electrons. The molecule has 12 nitrogen and oxygen atoms in total. The van der Waals surface area contributed by atoms with E-state index in [1.807, 2.05) is 13.8 Å². The zero-order chi connectivity index (χ0) is 41.5. The number of methoxy groups -OCH3 is 3. The van der Waals surface area contributed by atoms with Crippen molar-refractivity contribution in [1.82, 2.24) is 4.90 Å². The van der Waals surface area contributed by atoms with Crippen molar-refractivity contribution in [3.05, 3.63) is 23.3 Å². The number of allylic oxidation sites excluding steroid dienone is 3. The zero-order valence-corrected chi connectivity index (χ0v) is 35.8. The molecule has 2 bridgehead atoms. The van der Waals surface area contributed by atoms with Crippen molar-refractivity contribution in [3.8, 4) is 0 Å². The zero-order valence-electron chi connectivity index (χ0n) is 35.8. The number of ketones is 1. The first-order valence-corrected chi connectivity index (χ1v) is 21.2. The molecule has 1 amide bonds. The van der Waals surface area contributed by atoms with Gasteiger partial charge in [-0.2, -0.15) is 0 Å². The molecule has 12 heteroatoms. The second-order valence-corrected chi connectivity index (χ2v) is 17.8. The van der Waals surface area contributed by atoms with Crippen LogP contribution in [-0.2, 0) is 38.1 Å². The number of hydrogen-bond acceptors (Lipinski definition) is 11. The number of aliphatic hydroxyl groups excluding tert-OH is 2. The number of cyclic esters (lactones) is 1. The first-order valence-electron chi connectivity index (χ1n) is 21.2. The van der Waals surface area contributed by atoms with Crippen LogP contribution in [-0.4, -0.2) is 120 Å². The molecular formula is C44H73NO11. The minimum absolute atomic E-state index is 0.0783. The molecule has 0 aromatic rings. The molecule has 3 N–H and O–H groups in total. The summed E-state index contributed by atoms with van der Waals surface area (Å²) >= 11 is 0. The van der Waals surface area contributed by atoms with Crippen molar-refractivity contribution in [2.45, 2.75) is 174 Å². The molecule has 1 aliphatic carbocycles. The highest BCUT2D eigenvalue weighted by atomic mass is 16.7. The Morgan fingerprint density at radius 3 is 2.29 bits per heavy atom. The van der Waals surface area contributed by atoms with Crippen molar-refractivity contribution in [3.63, 3.8) is 0 Å². The molecule has 4 aliphatic rings. The number of nitrogens with zero attached hydrogens (tertiary/aromatic N) is 1. The van der Waals surface area contributed by atoms with E-state index in [1.165, 1.54) is 10.5 Å². The number of rotatable bonds is 8. The molecule has 1 saturated carbocycles. The van der Waals surface area contributed by atoms with E-state index in [0.717, 1.165) is 24.8 Å². The maximum Gasteiger partial charge on any atom is 0.329 e. The van der Waals surface area contributed by atoms with Gasteiger partial charge in [0, 0.05) is 39.7 Å². The number of carbonyl (C=O) groups is 3. The van der Waals surface area contributed by atoms with Crippen LogP contribution in [0, 0.1) is 35.5 Å². The minimum Gasteiger partial charge on any atom is -0.460 e. The minimum atomic E-state index is -2.45. The summed E-state index contributed by atoms with van der Waals surface area (Å²) in [6.07, 6.45) is 6.70. The lowest BCUT2D eigenvalue weighted by atomic mass is 9.79. The van der Waals surface area contributed by atoms with Gasteiger partial charge in [-0.05, 0) is 114 Å². The Kier molecular flexibility index (Phi) is 17.2. The summed E-state index contributed by atoms with van der Waals surface area (Å²) in [4.78, 5) is 44.0. The Labute approximate surface area is 335 Å². The number of Topliss-reactive ketones (excluding diaryl/α,β-unsaturated/α-hetero) is 1. The predicted octanol–water partition coefficient (Wildman–Crippen LogP) is 5.54. The van der Waals surface area contributed by atoms with E-state index in [9.17, 15) is 29.7 Å². The molecule has 4 rings (SSSR count). The average Bonchev–Trinajstić information content (AvgIpc) is 3.18. The van der Waals surface area contributed by atoms with Gasteiger partial charge >= 0.3 is 5.97 Å². The molecule has 3 aliphatic heterocycles. The second kappa shape index (κ2) is 20.7. The topological polar surface area (TPSA) is 161 Å². The van der Waals surface area contributed by atoms with Gasteiger partial charge in [-0.15, -0.1) is 0 Å². The quantitative estimate of drug-likeness (QED) is 0.161. The molecule has 0 unspecified atom stereocenters. The monoisotopic (exact) mass is 792 g/mol. The van der Waals surface area contributed by atoms with Crippen LogP contribution in [0.2, 0.25) is 0 Å². The molecule has 0 aromatic heterocycles. The third-order valence-corrected chi connectivity index (χ3v) is 13.5. The highest BCUT2D eigenvalue weighted by molar-refractivity contribution is 6.39. The Balaban J connectivity index is 1.72. The van der Waals surface area contributed by atoms with E-state index >= 15 is 0 Å². The lowest BCUT2D eigenvalue weighted by Crippen LogP contribution is -2.64. The number of piperidine rings is 1. The smallest absolute Gasteiger partial charge is 0.329 e. The highest BCUT2D eigenvalue weighted by Gasteiger charge is 2.56. The van der Waals surface area contributed by atoms with Gasteiger partial charge in [-0.25, -0.2) is 4.79 Å². The van der Waals surface area contributed by atoms with E-state index in [0.29, 0.717) is 44.9 Å². The largest absolute Gasteiger partial charge is 0.460 e. The Morgan fingerprint density at radius 2 is 1.64 bits per heavy atom.